The normalized spacial score (nSPS) is 11.3. The standard InChI is InChI=1S/C16H14O2/c1-12(17)11-14-9-5-6-10-15(14)16(18)13-7-3-2-4-8-13/h2-11,17H,1H3/p-1/b12-11+. The molecule has 0 N–H and O–H groups in total. The Labute approximate surface area is 106 Å². The van der Waals surface area contributed by atoms with Gasteiger partial charge in [0.1, 0.15) is 0 Å². The summed E-state index contributed by atoms with van der Waals surface area (Å²) in [5.74, 6) is -0.132. The molecule has 2 aromatic rings. The van der Waals surface area contributed by atoms with Crippen molar-refractivity contribution in [2.45, 2.75) is 6.92 Å². The fraction of sp³-hybridized carbons (Fsp3) is 0.0625. The summed E-state index contributed by atoms with van der Waals surface area (Å²) in [6.07, 6.45) is 1.48. The minimum absolute atomic E-state index is 0.0660. The molecule has 0 bridgehead atoms. The van der Waals surface area contributed by atoms with Crippen molar-refractivity contribution in [1.29, 1.82) is 0 Å². The summed E-state index contributed by atoms with van der Waals surface area (Å²) < 4.78 is 0. The van der Waals surface area contributed by atoms with Crippen molar-refractivity contribution in [3.63, 3.8) is 0 Å². The van der Waals surface area contributed by atoms with E-state index in [9.17, 15) is 9.90 Å². The number of rotatable bonds is 3. The highest BCUT2D eigenvalue weighted by Crippen LogP contribution is 2.16. The van der Waals surface area contributed by atoms with Gasteiger partial charge in [0.05, 0.1) is 0 Å². The Balaban J connectivity index is 2.46. The minimum Gasteiger partial charge on any atom is -0.876 e. The molecule has 0 heterocycles. The molecule has 0 atom stereocenters. The molecule has 0 aromatic heterocycles. The van der Waals surface area contributed by atoms with Crippen LogP contribution in [0.3, 0.4) is 0 Å². The summed E-state index contributed by atoms with van der Waals surface area (Å²) in [4.78, 5) is 12.3. The molecule has 0 saturated heterocycles. The molecule has 0 fully saturated rings. The van der Waals surface area contributed by atoms with Crippen LogP contribution in [0, 0.1) is 0 Å². The maximum absolute atomic E-state index is 12.3. The van der Waals surface area contributed by atoms with E-state index in [1.165, 1.54) is 13.0 Å². The molecule has 2 aromatic carbocycles. The molecule has 2 rings (SSSR count). The summed E-state index contributed by atoms with van der Waals surface area (Å²) >= 11 is 0. The second-order valence-electron chi connectivity index (χ2n) is 4.04. The molecule has 0 radical (unpaired) electrons. The van der Waals surface area contributed by atoms with Gasteiger partial charge in [-0.2, -0.15) is 0 Å². The average Bonchev–Trinajstić information content (AvgIpc) is 2.39. The van der Waals surface area contributed by atoms with Gasteiger partial charge in [-0.1, -0.05) is 67.6 Å². The van der Waals surface area contributed by atoms with Crippen LogP contribution < -0.4 is 5.11 Å². The molecule has 2 heteroatoms. The molecule has 0 aliphatic rings. The SMILES string of the molecule is C/C([O-])=C\c1ccccc1C(=O)c1ccccc1. The summed E-state index contributed by atoms with van der Waals surface area (Å²) in [6, 6.07) is 16.2. The first-order valence-electron chi connectivity index (χ1n) is 5.72. The summed E-state index contributed by atoms with van der Waals surface area (Å²) in [5.41, 5.74) is 1.85. The number of allylic oxidation sites excluding steroid dienone is 1. The van der Waals surface area contributed by atoms with Crippen LogP contribution in [0.1, 0.15) is 28.4 Å². The molecular formula is C16H13O2-. The number of hydrogen-bond donors (Lipinski definition) is 0. The minimum atomic E-state index is -0.0664. The molecule has 18 heavy (non-hydrogen) atoms. The molecule has 0 unspecified atom stereocenters. The third-order valence-corrected chi connectivity index (χ3v) is 2.60. The van der Waals surface area contributed by atoms with E-state index in [2.05, 4.69) is 0 Å². The van der Waals surface area contributed by atoms with Gasteiger partial charge in [0.25, 0.3) is 0 Å². The maximum atomic E-state index is 12.3. The van der Waals surface area contributed by atoms with Crippen LogP contribution in [0.15, 0.2) is 60.4 Å². The predicted octanol–water partition coefficient (Wildman–Crippen LogP) is 2.64. The monoisotopic (exact) mass is 237 g/mol. The van der Waals surface area contributed by atoms with Gasteiger partial charge in [-0.15, -0.1) is 5.76 Å². The number of hydrogen-bond acceptors (Lipinski definition) is 2. The first-order chi connectivity index (χ1) is 8.68. The van der Waals surface area contributed by atoms with Crippen molar-refractivity contribution < 1.29 is 9.90 Å². The van der Waals surface area contributed by atoms with Crippen LogP contribution >= 0.6 is 0 Å². The first kappa shape index (κ1) is 12.1. The summed E-state index contributed by atoms with van der Waals surface area (Å²) in [7, 11) is 0. The molecular weight excluding hydrogens is 224 g/mol. The lowest BCUT2D eigenvalue weighted by atomic mass is 9.98. The van der Waals surface area contributed by atoms with Gasteiger partial charge in [-0.25, -0.2) is 0 Å². The fourth-order valence-corrected chi connectivity index (χ4v) is 1.79. The Bertz CT molecular complexity index is 579. The molecule has 0 amide bonds. The topological polar surface area (TPSA) is 40.1 Å². The van der Waals surface area contributed by atoms with Gasteiger partial charge in [0, 0.05) is 11.1 Å². The molecule has 0 spiro atoms. The van der Waals surface area contributed by atoms with Gasteiger partial charge < -0.3 is 5.11 Å². The zero-order valence-electron chi connectivity index (χ0n) is 10.1. The third kappa shape index (κ3) is 2.66. The summed E-state index contributed by atoms with van der Waals surface area (Å²) in [6.45, 7) is 1.48. The Morgan fingerprint density at radius 3 is 2.28 bits per heavy atom. The number of benzene rings is 2. The van der Waals surface area contributed by atoms with Crippen LogP contribution in [0.25, 0.3) is 6.08 Å². The second-order valence-corrected chi connectivity index (χ2v) is 4.04. The van der Waals surface area contributed by atoms with Gasteiger partial charge in [-0.3, -0.25) is 4.79 Å². The zero-order chi connectivity index (χ0) is 13.0. The largest absolute Gasteiger partial charge is 0.876 e. The van der Waals surface area contributed by atoms with Crippen molar-refractivity contribution in [2.75, 3.05) is 0 Å². The number of carbonyl (C=O) groups is 1. The third-order valence-electron chi connectivity index (χ3n) is 2.60. The van der Waals surface area contributed by atoms with Crippen molar-refractivity contribution in [2.24, 2.45) is 0 Å². The van der Waals surface area contributed by atoms with Crippen molar-refractivity contribution in [3.8, 4) is 0 Å². The highest BCUT2D eigenvalue weighted by Gasteiger charge is 2.10. The van der Waals surface area contributed by atoms with E-state index in [0.717, 1.165) is 0 Å². The molecule has 0 saturated carbocycles. The Kier molecular flexibility index (Phi) is 3.58. The fourth-order valence-electron chi connectivity index (χ4n) is 1.79. The quantitative estimate of drug-likeness (QED) is 0.608. The van der Waals surface area contributed by atoms with E-state index in [0.29, 0.717) is 16.7 Å². The van der Waals surface area contributed by atoms with E-state index in [4.69, 9.17) is 0 Å². The highest BCUT2D eigenvalue weighted by atomic mass is 16.3. The van der Waals surface area contributed by atoms with Crippen LogP contribution in [-0.2, 0) is 0 Å². The van der Waals surface area contributed by atoms with E-state index >= 15 is 0 Å². The van der Waals surface area contributed by atoms with Crippen molar-refractivity contribution >= 4 is 11.9 Å². The Hall–Kier alpha value is -2.35. The van der Waals surface area contributed by atoms with Gasteiger partial charge in [0.15, 0.2) is 5.78 Å². The highest BCUT2D eigenvalue weighted by molar-refractivity contribution is 6.11. The van der Waals surface area contributed by atoms with Crippen molar-refractivity contribution in [1.82, 2.24) is 0 Å². The van der Waals surface area contributed by atoms with Crippen LogP contribution in [0.5, 0.6) is 0 Å². The lowest BCUT2D eigenvalue weighted by molar-refractivity contribution is -0.299. The second kappa shape index (κ2) is 5.32. The van der Waals surface area contributed by atoms with E-state index in [1.807, 2.05) is 24.3 Å². The van der Waals surface area contributed by atoms with Crippen molar-refractivity contribution in [3.05, 3.63) is 77.0 Å². The number of carbonyl (C=O) groups excluding carboxylic acids is 1. The van der Waals surface area contributed by atoms with E-state index in [1.54, 1.807) is 30.3 Å². The lowest BCUT2D eigenvalue weighted by Gasteiger charge is -2.08. The molecule has 2 nitrogen and oxygen atoms in total. The van der Waals surface area contributed by atoms with E-state index in [-0.39, 0.29) is 11.5 Å². The predicted molar refractivity (Wildman–Crippen MR) is 70.0 cm³/mol. The van der Waals surface area contributed by atoms with Gasteiger partial charge in [0.2, 0.25) is 0 Å². The zero-order valence-corrected chi connectivity index (χ0v) is 10.1. The Morgan fingerprint density at radius 2 is 1.61 bits per heavy atom. The van der Waals surface area contributed by atoms with Crippen LogP contribution in [0.4, 0.5) is 0 Å². The van der Waals surface area contributed by atoms with Crippen LogP contribution in [-0.4, -0.2) is 5.78 Å². The molecule has 0 aliphatic carbocycles. The lowest BCUT2D eigenvalue weighted by Crippen LogP contribution is -2.04. The van der Waals surface area contributed by atoms with Crippen LogP contribution in [0.2, 0.25) is 0 Å². The average molecular weight is 237 g/mol. The van der Waals surface area contributed by atoms with E-state index < -0.39 is 0 Å². The Morgan fingerprint density at radius 1 is 1.00 bits per heavy atom. The van der Waals surface area contributed by atoms with Gasteiger partial charge >= 0.3 is 0 Å². The smallest absolute Gasteiger partial charge is 0.193 e. The molecule has 0 aliphatic heterocycles. The van der Waals surface area contributed by atoms with Gasteiger partial charge in [-0.05, 0) is 5.56 Å². The number of ketones is 1. The maximum Gasteiger partial charge on any atom is 0.193 e. The first-order valence-corrected chi connectivity index (χ1v) is 5.72. The molecule has 90 valence electrons. The summed E-state index contributed by atoms with van der Waals surface area (Å²) in [5, 5.41) is 11.2.